The first-order valence-corrected chi connectivity index (χ1v) is 11.9. The number of fused-ring (bicyclic) bond motifs is 4. The Morgan fingerprint density at radius 1 is 1.21 bits per heavy atom. The normalized spacial score (nSPS) is 18.3. The number of H-pyrrole nitrogens is 1. The molecular formula is C28H30N4O2. The lowest BCUT2D eigenvalue weighted by Crippen LogP contribution is -2.38. The van der Waals surface area contributed by atoms with Gasteiger partial charge in [0.15, 0.2) is 5.78 Å². The zero-order valence-electron chi connectivity index (χ0n) is 20.3. The maximum absolute atomic E-state index is 13.9. The largest absolute Gasteiger partial charge is 0.378 e. The van der Waals surface area contributed by atoms with E-state index in [1.807, 2.05) is 31.1 Å². The molecule has 3 aliphatic rings. The quantitative estimate of drug-likeness (QED) is 0.704. The highest BCUT2D eigenvalue weighted by Gasteiger charge is 2.42. The second kappa shape index (κ2) is 8.47. The molecular weight excluding hydrogens is 424 g/mol. The summed E-state index contributed by atoms with van der Waals surface area (Å²) in [5.74, 6) is 6.67. The van der Waals surface area contributed by atoms with Gasteiger partial charge >= 0.3 is 0 Å². The maximum atomic E-state index is 13.9. The Hall–Kier alpha value is -3.32. The summed E-state index contributed by atoms with van der Waals surface area (Å²) in [5, 5.41) is 9.38. The molecule has 0 atom stereocenters. The number of rotatable bonds is 2. The first kappa shape index (κ1) is 22.5. The van der Waals surface area contributed by atoms with Gasteiger partial charge in [-0.3, -0.25) is 9.69 Å². The summed E-state index contributed by atoms with van der Waals surface area (Å²) in [6.45, 7) is 7.99. The Balaban J connectivity index is 1.68. The summed E-state index contributed by atoms with van der Waals surface area (Å²) in [6, 6.07) is 6.46. The Morgan fingerprint density at radius 2 is 1.97 bits per heavy atom. The van der Waals surface area contributed by atoms with Gasteiger partial charge in [-0.25, -0.2) is 0 Å². The number of anilines is 1. The minimum absolute atomic E-state index is 0.0554. The van der Waals surface area contributed by atoms with E-state index in [0.29, 0.717) is 32.6 Å². The molecule has 1 fully saturated rings. The summed E-state index contributed by atoms with van der Waals surface area (Å²) in [7, 11) is 4.00. The van der Waals surface area contributed by atoms with Gasteiger partial charge in [0, 0.05) is 52.2 Å². The Labute approximate surface area is 201 Å². The van der Waals surface area contributed by atoms with E-state index < -0.39 is 0 Å². The number of morpholine rings is 1. The summed E-state index contributed by atoms with van der Waals surface area (Å²) >= 11 is 0. The second-order valence-corrected chi connectivity index (χ2v) is 10.1. The minimum Gasteiger partial charge on any atom is -0.378 e. The fraction of sp³-hybridized carbons (Fsp3) is 0.429. The van der Waals surface area contributed by atoms with E-state index in [1.54, 1.807) is 0 Å². The van der Waals surface area contributed by atoms with E-state index in [2.05, 4.69) is 47.7 Å². The number of benzene rings is 1. The number of ether oxygens (including phenoxy) is 1. The van der Waals surface area contributed by atoms with Crippen LogP contribution in [0.2, 0.25) is 0 Å². The molecule has 0 unspecified atom stereocenters. The van der Waals surface area contributed by atoms with Crippen molar-refractivity contribution in [2.45, 2.75) is 32.1 Å². The van der Waals surface area contributed by atoms with Crippen LogP contribution in [0.15, 0.2) is 17.7 Å². The Bertz CT molecular complexity index is 1300. The molecule has 34 heavy (non-hydrogen) atoms. The molecule has 2 aromatic rings. The number of ketones is 1. The highest BCUT2D eigenvalue weighted by Crippen LogP contribution is 2.46. The van der Waals surface area contributed by atoms with Gasteiger partial charge < -0.3 is 14.6 Å². The van der Waals surface area contributed by atoms with Gasteiger partial charge in [-0.2, -0.15) is 5.26 Å². The molecule has 0 amide bonds. The summed E-state index contributed by atoms with van der Waals surface area (Å²) < 4.78 is 5.58. The van der Waals surface area contributed by atoms with E-state index in [0.717, 1.165) is 63.6 Å². The summed E-state index contributed by atoms with van der Waals surface area (Å²) in [5.41, 5.74) is 7.77. The molecule has 2 heterocycles. The fourth-order valence-electron chi connectivity index (χ4n) is 5.28. The summed E-state index contributed by atoms with van der Waals surface area (Å²) in [6.07, 6.45) is 3.28. The number of nitrogens with zero attached hydrogens (tertiary/aromatic N) is 3. The first-order chi connectivity index (χ1) is 16.3. The SMILES string of the molecule is CN(C)CC#Cc1cc2c(cc1N1CCOCC1)C(C)(C)c1[nH]c3c(c1C2=O)CCC(C#N)=C3. The molecule has 1 aromatic carbocycles. The molecule has 0 bridgehead atoms. The van der Waals surface area contributed by atoms with Crippen LogP contribution in [-0.4, -0.2) is 62.6 Å². The van der Waals surface area contributed by atoms with Crippen molar-refractivity contribution in [1.82, 2.24) is 9.88 Å². The molecule has 1 N–H and O–H groups in total. The van der Waals surface area contributed by atoms with Gasteiger partial charge in [0.25, 0.3) is 0 Å². The van der Waals surface area contributed by atoms with Crippen molar-refractivity contribution in [2.24, 2.45) is 0 Å². The van der Waals surface area contributed by atoms with Crippen molar-refractivity contribution < 1.29 is 9.53 Å². The van der Waals surface area contributed by atoms with Gasteiger partial charge in [0.2, 0.25) is 0 Å². The third-order valence-corrected chi connectivity index (χ3v) is 7.12. The van der Waals surface area contributed by atoms with Crippen molar-refractivity contribution >= 4 is 17.5 Å². The molecule has 6 heteroatoms. The topological polar surface area (TPSA) is 72.4 Å². The lowest BCUT2D eigenvalue weighted by molar-refractivity contribution is 0.103. The number of carbonyl (C=O) groups is 1. The van der Waals surface area contributed by atoms with E-state index in [-0.39, 0.29) is 11.2 Å². The number of nitriles is 1. The van der Waals surface area contributed by atoms with Crippen LogP contribution < -0.4 is 4.90 Å². The predicted molar refractivity (Wildman–Crippen MR) is 133 cm³/mol. The van der Waals surface area contributed by atoms with Gasteiger partial charge in [0.1, 0.15) is 0 Å². The van der Waals surface area contributed by atoms with Crippen LogP contribution in [0.25, 0.3) is 6.08 Å². The number of hydrogen-bond acceptors (Lipinski definition) is 5. The van der Waals surface area contributed by atoms with Crippen molar-refractivity contribution in [2.75, 3.05) is 51.8 Å². The van der Waals surface area contributed by atoms with E-state index in [9.17, 15) is 10.1 Å². The standard InChI is InChI=1S/C28H30N4O2/c1-28(2)22-16-24(32-10-12-34-13-11-32)19(6-5-9-31(3)4)15-21(22)26(33)25-20-8-7-18(17-29)14-23(20)30-27(25)28/h14-16,30H,7-13H2,1-4H3. The van der Waals surface area contributed by atoms with Crippen molar-refractivity contribution in [3.05, 3.63) is 56.9 Å². The molecule has 6 nitrogen and oxygen atoms in total. The number of aromatic nitrogens is 1. The average molecular weight is 455 g/mol. The number of aromatic amines is 1. The fourth-order valence-corrected chi connectivity index (χ4v) is 5.28. The molecule has 0 spiro atoms. The van der Waals surface area contributed by atoms with Crippen LogP contribution in [0.3, 0.4) is 0 Å². The van der Waals surface area contributed by atoms with Crippen molar-refractivity contribution in [1.29, 1.82) is 5.26 Å². The highest BCUT2D eigenvalue weighted by molar-refractivity contribution is 6.15. The van der Waals surface area contributed by atoms with Crippen LogP contribution in [0.5, 0.6) is 0 Å². The van der Waals surface area contributed by atoms with Gasteiger partial charge in [-0.1, -0.05) is 25.7 Å². The zero-order chi connectivity index (χ0) is 24.0. The van der Waals surface area contributed by atoms with E-state index in [4.69, 9.17) is 4.74 Å². The van der Waals surface area contributed by atoms with Crippen LogP contribution >= 0.6 is 0 Å². The molecule has 1 aliphatic heterocycles. The monoisotopic (exact) mass is 454 g/mol. The lowest BCUT2D eigenvalue weighted by Gasteiger charge is -2.36. The van der Waals surface area contributed by atoms with Gasteiger partial charge in [0.05, 0.1) is 31.5 Å². The van der Waals surface area contributed by atoms with E-state index >= 15 is 0 Å². The molecule has 0 saturated carbocycles. The minimum atomic E-state index is -0.382. The van der Waals surface area contributed by atoms with Crippen molar-refractivity contribution in [3.63, 3.8) is 0 Å². The number of hydrogen-bond donors (Lipinski definition) is 1. The molecule has 174 valence electrons. The van der Waals surface area contributed by atoms with Crippen LogP contribution in [0, 0.1) is 23.2 Å². The lowest BCUT2D eigenvalue weighted by atomic mass is 9.70. The molecule has 0 radical (unpaired) electrons. The van der Waals surface area contributed by atoms with Crippen LogP contribution in [0.1, 0.15) is 64.3 Å². The molecule has 1 saturated heterocycles. The first-order valence-electron chi connectivity index (χ1n) is 11.9. The third-order valence-electron chi connectivity index (χ3n) is 7.12. The molecule has 2 aliphatic carbocycles. The Kier molecular flexibility index (Phi) is 5.60. The van der Waals surface area contributed by atoms with Crippen molar-refractivity contribution in [3.8, 4) is 17.9 Å². The Morgan fingerprint density at radius 3 is 2.68 bits per heavy atom. The number of allylic oxidation sites excluding steroid dienone is 1. The second-order valence-electron chi connectivity index (χ2n) is 10.1. The number of carbonyl (C=O) groups excluding carboxylic acids is 1. The maximum Gasteiger partial charge on any atom is 0.195 e. The third kappa shape index (κ3) is 3.64. The van der Waals surface area contributed by atoms with E-state index in [1.165, 1.54) is 0 Å². The van der Waals surface area contributed by atoms with Gasteiger partial charge in [-0.05, 0) is 56.3 Å². The van der Waals surface area contributed by atoms with Crippen LogP contribution in [-0.2, 0) is 16.6 Å². The van der Waals surface area contributed by atoms with Crippen LogP contribution in [0.4, 0.5) is 5.69 Å². The average Bonchev–Trinajstić information content (AvgIpc) is 3.23. The predicted octanol–water partition coefficient (Wildman–Crippen LogP) is 3.49. The van der Waals surface area contributed by atoms with Gasteiger partial charge in [-0.15, -0.1) is 0 Å². The highest BCUT2D eigenvalue weighted by atomic mass is 16.5. The molecule has 5 rings (SSSR count). The summed E-state index contributed by atoms with van der Waals surface area (Å²) in [4.78, 5) is 21.8. The smallest absolute Gasteiger partial charge is 0.195 e. The zero-order valence-corrected chi connectivity index (χ0v) is 20.3. The molecule has 1 aromatic heterocycles. The number of nitrogens with one attached hydrogen (secondary N) is 1.